The van der Waals surface area contributed by atoms with Crippen LogP contribution >= 0.6 is 0 Å². The number of rotatable bonds is 15. The zero-order valence-electron chi connectivity index (χ0n) is 21.1. The third-order valence-corrected chi connectivity index (χ3v) is 6.02. The number of aldehydes is 2. The minimum atomic E-state index is -0.0110. The van der Waals surface area contributed by atoms with Gasteiger partial charge in [0.2, 0.25) is 12.7 Å². The van der Waals surface area contributed by atoms with E-state index in [4.69, 9.17) is 9.47 Å². The second-order valence-electron chi connectivity index (χ2n) is 8.89. The molecular weight excluding hydrogens is 488 g/mol. The number of benzene rings is 2. The van der Waals surface area contributed by atoms with E-state index in [0.717, 1.165) is 11.1 Å². The molecule has 10 heteroatoms. The zero-order chi connectivity index (χ0) is 26.7. The summed E-state index contributed by atoms with van der Waals surface area (Å²) in [6.07, 6.45) is 13.1. The van der Waals surface area contributed by atoms with Crippen molar-refractivity contribution in [2.24, 2.45) is 0 Å². The molecule has 10 nitrogen and oxygen atoms in total. The minimum Gasteiger partial charge on any atom is -0.507 e. The van der Waals surface area contributed by atoms with Crippen molar-refractivity contribution in [1.82, 2.24) is 9.13 Å². The molecule has 0 fully saturated rings. The second-order valence-corrected chi connectivity index (χ2v) is 8.89. The first-order valence-corrected chi connectivity index (χ1v) is 12.3. The van der Waals surface area contributed by atoms with Crippen LogP contribution in [-0.4, -0.2) is 58.3 Å². The second kappa shape index (κ2) is 13.3. The Hall–Kier alpha value is -4.28. The fraction of sp³-hybridized carbons (Fsp3) is 0.286. The number of hydrogen-bond donors (Lipinski definition) is 2. The summed E-state index contributed by atoms with van der Waals surface area (Å²) in [4.78, 5) is 22.0. The van der Waals surface area contributed by atoms with Crippen LogP contribution in [0.15, 0.2) is 73.8 Å². The van der Waals surface area contributed by atoms with Crippen molar-refractivity contribution in [1.29, 1.82) is 0 Å². The number of phenols is 2. The lowest BCUT2D eigenvalue weighted by molar-refractivity contribution is -0.688. The van der Waals surface area contributed by atoms with Gasteiger partial charge in [-0.05, 0) is 35.4 Å². The standard InChI is InChI=1S/C28H30N4O6/c33-19-25-15-23(1-3-27(25)35)17-31-7-5-29(21-31)9-11-37-13-14-38-12-10-30-6-8-32(22-30)18-24-2-4-28(36)26(16-24)20-34/h1-8,15-16,19-22H,9-14,17-18H2/p+2. The molecule has 38 heavy (non-hydrogen) atoms. The fourth-order valence-corrected chi connectivity index (χ4v) is 4.01. The van der Waals surface area contributed by atoms with E-state index in [2.05, 4.69) is 0 Å². The maximum absolute atomic E-state index is 11.0. The van der Waals surface area contributed by atoms with Crippen LogP contribution in [0.5, 0.6) is 11.5 Å². The average molecular weight is 521 g/mol. The molecule has 0 radical (unpaired) electrons. The van der Waals surface area contributed by atoms with Gasteiger partial charge in [-0.2, -0.15) is 0 Å². The maximum Gasteiger partial charge on any atom is 0.244 e. The highest BCUT2D eigenvalue weighted by Gasteiger charge is 2.09. The summed E-state index contributed by atoms with van der Waals surface area (Å²) in [6.45, 7) is 4.76. The quantitative estimate of drug-likeness (QED) is 0.140. The van der Waals surface area contributed by atoms with E-state index in [9.17, 15) is 19.8 Å². The molecule has 0 aliphatic rings. The van der Waals surface area contributed by atoms with Crippen molar-refractivity contribution in [3.05, 3.63) is 96.1 Å². The van der Waals surface area contributed by atoms with Gasteiger partial charge < -0.3 is 19.7 Å². The molecule has 0 unspecified atom stereocenters. The molecule has 2 aromatic heterocycles. The molecule has 4 rings (SSSR count). The van der Waals surface area contributed by atoms with E-state index in [1.807, 2.05) is 55.7 Å². The van der Waals surface area contributed by atoms with Gasteiger partial charge in [0.1, 0.15) is 62.5 Å². The Balaban J connectivity index is 1.08. The first-order valence-electron chi connectivity index (χ1n) is 12.3. The number of carbonyl (C=O) groups is 2. The third kappa shape index (κ3) is 7.61. The van der Waals surface area contributed by atoms with Crippen LogP contribution in [0.25, 0.3) is 0 Å². The normalized spacial score (nSPS) is 11.1. The fourth-order valence-electron chi connectivity index (χ4n) is 4.01. The molecule has 2 heterocycles. The van der Waals surface area contributed by atoms with Gasteiger partial charge in [-0.15, -0.1) is 0 Å². The van der Waals surface area contributed by atoms with E-state index >= 15 is 0 Å². The average Bonchev–Trinajstić information content (AvgIpc) is 3.57. The number of imidazole rings is 2. The minimum absolute atomic E-state index is 0.0110. The van der Waals surface area contributed by atoms with E-state index in [-0.39, 0.29) is 22.6 Å². The predicted molar refractivity (Wildman–Crippen MR) is 136 cm³/mol. The SMILES string of the molecule is O=Cc1cc(C[n+]2ccn(CCOCCOCCn3cc[n+](Cc4ccc(O)c(C=O)c4)c3)c2)ccc1O. The van der Waals surface area contributed by atoms with Crippen molar-refractivity contribution in [2.45, 2.75) is 26.2 Å². The van der Waals surface area contributed by atoms with Crippen molar-refractivity contribution in [2.75, 3.05) is 26.4 Å². The van der Waals surface area contributed by atoms with Gasteiger partial charge in [-0.25, -0.2) is 18.3 Å². The Morgan fingerprint density at radius 1 is 0.684 bits per heavy atom. The molecule has 0 aliphatic carbocycles. The molecule has 0 saturated carbocycles. The highest BCUT2D eigenvalue weighted by Crippen LogP contribution is 2.17. The Labute approximate surface area is 220 Å². The summed E-state index contributed by atoms with van der Waals surface area (Å²) in [6, 6.07) is 10.0. The number of carbonyl (C=O) groups excluding carboxylic acids is 2. The molecule has 2 aromatic carbocycles. The summed E-state index contributed by atoms with van der Waals surface area (Å²) in [7, 11) is 0. The molecule has 0 saturated heterocycles. The molecule has 198 valence electrons. The number of ether oxygens (including phenoxy) is 2. The summed E-state index contributed by atoms with van der Waals surface area (Å²) in [5, 5.41) is 19.3. The molecule has 4 aromatic rings. The predicted octanol–water partition coefficient (Wildman–Crippen LogP) is 1.73. The van der Waals surface area contributed by atoms with Crippen LogP contribution in [-0.2, 0) is 35.7 Å². The van der Waals surface area contributed by atoms with Gasteiger partial charge in [-0.3, -0.25) is 9.59 Å². The molecule has 0 atom stereocenters. The summed E-state index contributed by atoms with van der Waals surface area (Å²) >= 11 is 0. The number of nitrogens with zero attached hydrogens (tertiary/aromatic N) is 4. The highest BCUT2D eigenvalue weighted by molar-refractivity contribution is 5.79. The van der Waals surface area contributed by atoms with Crippen molar-refractivity contribution in [3.63, 3.8) is 0 Å². The Kier molecular flexibility index (Phi) is 9.38. The summed E-state index contributed by atoms with van der Waals surface area (Å²) in [5.74, 6) is -0.0220. The monoisotopic (exact) mass is 520 g/mol. The molecule has 0 amide bonds. The van der Waals surface area contributed by atoms with Crippen LogP contribution in [0.3, 0.4) is 0 Å². The maximum atomic E-state index is 11.0. The number of aromatic hydroxyl groups is 2. The Morgan fingerprint density at radius 3 is 1.55 bits per heavy atom. The van der Waals surface area contributed by atoms with Gasteiger partial charge >= 0.3 is 0 Å². The molecular formula is C28H32N4O6+2. The lowest BCUT2D eigenvalue weighted by atomic mass is 10.1. The molecule has 0 spiro atoms. The molecule has 0 aliphatic heterocycles. The van der Waals surface area contributed by atoms with E-state index in [1.165, 1.54) is 12.1 Å². The lowest BCUT2D eigenvalue weighted by Crippen LogP contribution is -2.31. The summed E-state index contributed by atoms with van der Waals surface area (Å²) in [5.41, 5.74) is 2.44. The van der Waals surface area contributed by atoms with E-state index < -0.39 is 0 Å². The van der Waals surface area contributed by atoms with Crippen molar-refractivity contribution < 1.29 is 38.4 Å². The lowest BCUT2D eigenvalue weighted by Gasteiger charge is -2.04. The van der Waals surface area contributed by atoms with E-state index in [0.29, 0.717) is 65.2 Å². The Morgan fingerprint density at radius 2 is 1.13 bits per heavy atom. The van der Waals surface area contributed by atoms with Crippen LogP contribution in [0.4, 0.5) is 0 Å². The number of aromatic nitrogens is 4. The van der Waals surface area contributed by atoms with Gasteiger partial charge in [0.05, 0.1) is 37.6 Å². The van der Waals surface area contributed by atoms with Crippen LogP contribution in [0.2, 0.25) is 0 Å². The largest absolute Gasteiger partial charge is 0.507 e. The first kappa shape index (κ1) is 26.8. The van der Waals surface area contributed by atoms with Crippen LogP contribution in [0.1, 0.15) is 31.8 Å². The number of hydrogen-bond acceptors (Lipinski definition) is 6. The molecule has 2 N–H and O–H groups in total. The number of phenolic OH excluding ortho intramolecular Hbond substituents is 2. The first-order chi connectivity index (χ1) is 18.5. The van der Waals surface area contributed by atoms with Gasteiger partial charge in [0.15, 0.2) is 12.6 Å². The Bertz CT molecular complexity index is 1260. The third-order valence-electron chi connectivity index (χ3n) is 6.02. The van der Waals surface area contributed by atoms with Crippen LogP contribution in [0, 0.1) is 0 Å². The van der Waals surface area contributed by atoms with Gasteiger partial charge in [0.25, 0.3) is 0 Å². The van der Waals surface area contributed by atoms with Gasteiger partial charge in [-0.1, -0.05) is 12.1 Å². The van der Waals surface area contributed by atoms with E-state index in [1.54, 1.807) is 24.3 Å². The van der Waals surface area contributed by atoms with Crippen molar-refractivity contribution >= 4 is 12.6 Å². The van der Waals surface area contributed by atoms with Crippen molar-refractivity contribution in [3.8, 4) is 11.5 Å². The topological polar surface area (TPSA) is 111 Å². The van der Waals surface area contributed by atoms with Gasteiger partial charge in [0, 0.05) is 0 Å². The summed E-state index contributed by atoms with van der Waals surface area (Å²) < 4.78 is 19.4. The zero-order valence-corrected chi connectivity index (χ0v) is 21.1. The smallest absolute Gasteiger partial charge is 0.244 e. The molecule has 0 bridgehead atoms. The van der Waals surface area contributed by atoms with Crippen LogP contribution < -0.4 is 9.13 Å². The highest BCUT2D eigenvalue weighted by atomic mass is 16.5.